The molecule has 27 heavy (non-hydrogen) atoms. The maximum Gasteiger partial charge on any atom is 0.254 e. The molecule has 0 unspecified atom stereocenters. The molecule has 1 N–H and O–H groups in total. The minimum Gasteiger partial charge on any atom is -0.464 e. The van der Waals surface area contributed by atoms with Gasteiger partial charge in [-0.15, -0.1) is 0 Å². The highest BCUT2D eigenvalue weighted by atomic mass is 16.5. The van der Waals surface area contributed by atoms with E-state index in [0.717, 1.165) is 37.2 Å². The van der Waals surface area contributed by atoms with Crippen LogP contribution < -0.4 is 4.74 Å². The first-order valence-corrected chi connectivity index (χ1v) is 9.59. The number of hydrogen-bond acceptors (Lipinski definition) is 5. The smallest absolute Gasteiger partial charge is 0.254 e. The third-order valence-electron chi connectivity index (χ3n) is 5.28. The van der Waals surface area contributed by atoms with Crippen LogP contribution in [0.25, 0.3) is 6.08 Å². The third kappa shape index (κ3) is 4.24. The van der Waals surface area contributed by atoms with E-state index in [1.165, 1.54) is 0 Å². The molecule has 144 valence electrons. The van der Waals surface area contributed by atoms with E-state index in [1.54, 1.807) is 17.2 Å². The number of β-amino-alcohol motifs (C(OH)–C–C–N with tert-alkyl or cyclic N) is 1. The van der Waals surface area contributed by atoms with Crippen LogP contribution in [0.2, 0.25) is 0 Å². The second-order valence-electron chi connectivity index (χ2n) is 7.54. The standard InChI is InChI=1S/C21H26N2O4/c24-20(18-7-11-27-19-6-2-1-5-17(19)13-18)23-10-12-26-16-21(25,15-23)14-22-8-3-4-9-22/h1-2,5-7,11,13,25H,3-4,8-10,12,14-16H2/t21-/m0/s1. The van der Waals surface area contributed by atoms with Crippen LogP contribution in [0.15, 0.2) is 42.2 Å². The van der Waals surface area contributed by atoms with Gasteiger partial charge in [0.05, 0.1) is 26.0 Å². The highest BCUT2D eigenvalue weighted by molar-refractivity contribution is 6.01. The quantitative estimate of drug-likeness (QED) is 0.877. The van der Waals surface area contributed by atoms with Crippen LogP contribution in [-0.4, -0.2) is 72.4 Å². The Morgan fingerprint density at radius 2 is 2.00 bits per heavy atom. The fraction of sp³-hybridized carbons (Fsp3) is 0.476. The van der Waals surface area contributed by atoms with Gasteiger partial charge in [-0.1, -0.05) is 18.2 Å². The molecule has 3 aliphatic heterocycles. The number of ether oxygens (including phenoxy) is 2. The molecule has 3 aliphatic rings. The Morgan fingerprint density at radius 3 is 2.85 bits per heavy atom. The lowest BCUT2D eigenvalue weighted by atomic mass is 10.0. The van der Waals surface area contributed by atoms with Crippen molar-refractivity contribution < 1.29 is 19.4 Å². The highest BCUT2D eigenvalue weighted by Gasteiger charge is 2.37. The number of likely N-dealkylation sites (tertiary alicyclic amines) is 1. The molecule has 2 saturated heterocycles. The van der Waals surface area contributed by atoms with Gasteiger partial charge in [-0.2, -0.15) is 0 Å². The van der Waals surface area contributed by atoms with Crippen molar-refractivity contribution in [1.29, 1.82) is 0 Å². The number of benzene rings is 1. The Kier molecular flexibility index (Phi) is 5.29. The third-order valence-corrected chi connectivity index (χ3v) is 5.28. The number of carbonyl (C=O) groups excluding carboxylic acids is 1. The average Bonchev–Trinajstić information content (AvgIpc) is 2.96. The Morgan fingerprint density at radius 1 is 1.19 bits per heavy atom. The molecule has 3 heterocycles. The predicted molar refractivity (Wildman–Crippen MR) is 102 cm³/mol. The van der Waals surface area contributed by atoms with Gasteiger partial charge in [0.15, 0.2) is 0 Å². The minimum atomic E-state index is -1.04. The molecule has 1 aromatic rings. The molecular weight excluding hydrogens is 344 g/mol. The van der Waals surface area contributed by atoms with Gasteiger partial charge in [0, 0.05) is 24.2 Å². The zero-order valence-electron chi connectivity index (χ0n) is 15.5. The first-order valence-electron chi connectivity index (χ1n) is 9.59. The van der Waals surface area contributed by atoms with Crippen LogP contribution >= 0.6 is 0 Å². The Hall–Kier alpha value is -2.15. The molecule has 2 fully saturated rings. The first kappa shape index (κ1) is 18.2. The number of aliphatic hydroxyl groups is 1. The summed E-state index contributed by atoms with van der Waals surface area (Å²) < 4.78 is 11.2. The SMILES string of the molecule is O=C(C1=Cc2ccccc2OC=C1)N1CCOC[C@](O)(CN2CCCC2)C1. The molecule has 6 nitrogen and oxygen atoms in total. The van der Waals surface area contributed by atoms with Gasteiger partial charge in [0.2, 0.25) is 0 Å². The van der Waals surface area contributed by atoms with E-state index in [-0.39, 0.29) is 19.1 Å². The zero-order chi connectivity index (χ0) is 18.7. The molecule has 0 saturated carbocycles. The van der Waals surface area contributed by atoms with E-state index in [4.69, 9.17) is 9.47 Å². The summed E-state index contributed by atoms with van der Waals surface area (Å²) in [6.07, 6.45) is 7.40. The molecule has 1 atom stereocenters. The number of rotatable bonds is 3. The molecule has 0 spiro atoms. The molecule has 0 aromatic heterocycles. The van der Waals surface area contributed by atoms with E-state index in [2.05, 4.69) is 4.90 Å². The molecule has 1 aromatic carbocycles. The Balaban J connectivity index is 1.52. The highest BCUT2D eigenvalue weighted by Crippen LogP contribution is 2.26. The Labute approximate surface area is 159 Å². The molecule has 1 amide bonds. The molecule has 4 rings (SSSR count). The summed E-state index contributed by atoms with van der Waals surface area (Å²) in [6.45, 7) is 3.96. The van der Waals surface area contributed by atoms with Crippen molar-refractivity contribution in [2.24, 2.45) is 0 Å². The van der Waals surface area contributed by atoms with Gasteiger partial charge in [-0.25, -0.2) is 0 Å². The van der Waals surface area contributed by atoms with Crippen molar-refractivity contribution in [3.8, 4) is 5.75 Å². The number of para-hydroxylation sites is 1. The van der Waals surface area contributed by atoms with Crippen molar-refractivity contribution >= 4 is 12.0 Å². The van der Waals surface area contributed by atoms with Crippen molar-refractivity contribution in [3.63, 3.8) is 0 Å². The molecular formula is C21H26N2O4. The number of amides is 1. The van der Waals surface area contributed by atoms with Crippen molar-refractivity contribution in [3.05, 3.63) is 47.7 Å². The van der Waals surface area contributed by atoms with Crippen LogP contribution in [0.5, 0.6) is 5.75 Å². The number of fused-ring (bicyclic) bond motifs is 1. The van der Waals surface area contributed by atoms with Gasteiger partial charge in [-0.05, 0) is 44.1 Å². The number of hydrogen-bond donors (Lipinski definition) is 1. The summed E-state index contributed by atoms with van der Waals surface area (Å²) in [5, 5.41) is 11.1. The second kappa shape index (κ2) is 7.84. The summed E-state index contributed by atoms with van der Waals surface area (Å²) in [5.74, 6) is 0.609. The van der Waals surface area contributed by atoms with E-state index in [1.807, 2.05) is 30.3 Å². The summed E-state index contributed by atoms with van der Waals surface area (Å²) in [7, 11) is 0. The fourth-order valence-corrected chi connectivity index (χ4v) is 3.96. The van der Waals surface area contributed by atoms with E-state index in [9.17, 15) is 9.90 Å². The van der Waals surface area contributed by atoms with Crippen LogP contribution in [-0.2, 0) is 9.53 Å². The lowest BCUT2D eigenvalue weighted by Crippen LogP contribution is -2.53. The average molecular weight is 370 g/mol. The minimum absolute atomic E-state index is 0.114. The summed E-state index contributed by atoms with van der Waals surface area (Å²) >= 11 is 0. The number of carbonyl (C=O) groups is 1. The van der Waals surface area contributed by atoms with E-state index in [0.29, 0.717) is 25.3 Å². The predicted octanol–water partition coefficient (Wildman–Crippen LogP) is 1.66. The van der Waals surface area contributed by atoms with Crippen LogP contribution in [0.3, 0.4) is 0 Å². The van der Waals surface area contributed by atoms with Crippen molar-refractivity contribution in [2.75, 3.05) is 45.9 Å². The zero-order valence-corrected chi connectivity index (χ0v) is 15.5. The molecule has 0 radical (unpaired) electrons. The summed E-state index contributed by atoms with van der Waals surface area (Å²) in [4.78, 5) is 17.1. The van der Waals surface area contributed by atoms with Gasteiger partial charge in [0.25, 0.3) is 5.91 Å². The normalized spacial score (nSPS) is 26.0. The van der Waals surface area contributed by atoms with Crippen LogP contribution in [0, 0.1) is 0 Å². The van der Waals surface area contributed by atoms with Crippen molar-refractivity contribution in [2.45, 2.75) is 18.4 Å². The maximum absolute atomic E-state index is 13.2. The molecule has 0 bridgehead atoms. The van der Waals surface area contributed by atoms with Crippen molar-refractivity contribution in [1.82, 2.24) is 9.80 Å². The Bertz CT molecular complexity index is 754. The lowest BCUT2D eigenvalue weighted by molar-refractivity contribution is -0.130. The van der Waals surface area contributed by atoms with Gasteiger partial charge in [0.1, 0.15) is 11.4 Å². The monoisotopic (exact) mass is 370 g/mol. The van der Waals surface area contributed by atoms with E-state index < -0.39 is 5.60 Å². The summed E-state index contributed by atoms with van der Waals surface area (Å²) in [6, 6.07) is 7.61. The topological polar surface area (TPSA) is 62.2 Å². The fourth-order valence-electron chi connectivity index (χ4n) is 3.96. The lowest BCUT2D eigenvalue weighted by Gasteiger charge is -2.34. The molecule has 0 aliphatic carbocycles. The second-order valence-corrected chi connectivity index (χ2v) is 7.54. The van der Waals surface area contributed by atoms with Gasteiger partial charge in [-0.3, -0.25) is 4.79 Å². The maximum atomic E-state index is 13.2. The largest absolute Gasteiger partial charge is 0.464 e. The van der Waals surface area contributed by atoms with Crippen LogP contribution in [0.1, 0.15) is 18.4 Å². The molecule has 6 heteroatoms. The number of nitrogens with zero attached hydrogens (tertiary/aromatic N) is 2. The first-order chi connectivity index (χ1) is 13.1. The van der Waals surface area contributed by atoms with Crippen LogP contribution in [0.4, 0.5) is 0 Å². The van der Waals surface area contributed by atoms with Gasteiger partial charge < -0.3 is 24.4 Å². The van der Waals surface area contributed by atoms with E-state index >= 15 is 0 Å². The van der Waals surface area contributed by atoms with Gasteiger partial charge >= 0.3 is 0 Å². The summed E-state index contributed by atoms with van der Waals surface area (Å²) in [5.41, 5.74) is 0.370.